The van der Waals surface area contributed by atoms with E-state index in [9.17, 15) is 16.8 Å². The smallest absolute Gasteiger partial charge is 0.215 e. The summed E-state index contributed by atoms with van der Waals surface area (Å²) in [6.07, 6.45) is 1.34. The summed E-state index contributed by atoms with van der Waals surface area (Å²) in [7, 11) is -6.66. The van der Waals surface area contributed by atoms with Crippen LogP contribution in [0.15, 0.2) is 24.3 Å². The van der Waals surface area contributed by atoms with Crippen molar-refractivity contribution >= 4 is 37.1 Å². The van der Waals surface area contributed by atoms with E-state index in [2.05, 4.69) is 4.72 Å². The Morgan fingerprint density at radius 3 is 2.43 bits per heavy atom. The number of sulfonamides is 1. The van der Waals surface area contributed by atoms with Crippen molar-refractivity contribution in [2.45, 2.75) is 12.2 Å². The second-order valence-corrected chi connectivity index (χ2v) is 9.16. The minimum atomic E-state index is -3.57. The highest BCUT2D eigenvalue weighted by Crippen LogP contribution is 2.12. The molecule has 0 saturated heterocycles. The van der Waals surface area contributed by atoms with Gasteiger partial charge in [0, 0.05) is 18.4 Å². The fourth-order valence-electron chi connectivity index (χ4n) is 1.70. The van der Waals surface area contributed by atoms with E-state index in [0.717, 1.165) is 6.26 Å². The van der Waals surface area contributed by atoms with Gasteiger partial charge in [0.05, 0.1) is 11.5 Å². The molecule has 0 aromatic heterocycles. The molecule has 0 aliphatic heterocycles. The van der Waals surface area contributed by atoms with E-state index in [4.69, 9.17) is 18.0 Å². The molecule has 9 heteroatoms. The highest BCUT2D eigenvalue weighted by atomic mass is 32.2. The predicted molar refractivity (Wildman–Crippen MR) is 87.3 cm³/mol. The first kappa shape index (κ1) is 18.0. The summed E-state index contributed by atoms with van der Waals surface area (Å²) in [4.78, 5) is 0.137. The van der Waals surface area contributed by atoms with Gasteiger partial charge < -0.3 is 5.73 Å². The second-order valence-electron chi connectivity index (χ2n) is 4.66. The van der Waals surface area contributed by atoms with Gasteiger partial charge in [-0.25, -0.2) is 21.6 Å². The van der Waals surface area contributed by atoms with Gasteiger partial charge in [-0.1, -0.05) is 36.5 Å². The summed E-state index contributed by atoms with van der Waals surface area (Å²) in [5.41, 5.74) is 6.59. The SMILES string of the molecule is CS(=O)(=O)CCCNS(=O)(=O)Cc1ccccc1C(N)=S. The molecular weight excluding hydrogens is 332 g/mol. The number of nitrogens with two attached hydrogens (primary N) is 1. The Bertz CT molecular complexity index is 712. The molecule has 0 unspecified atom stereocenters. The van der Waals surface area contributed by atoms with Gasteiger partial charge in [0.15, 0.2) is 0 Å². The quantitative estimate of drug-likeness (QED) is 0.511. The lowest BCUT2D eigenvalue weighted by atomic mass is 10.1. The molecule has 6 nitrogen and oxygen atoms in total. The molecule has 0 amide bonds. The molecule has 3 N–H and O–H groups in total. The minimum absolute atomic E-state index is 0.0566. The van der Waals surface area contributed by atoms with Crippen molar-refractivity contribution in [3.05, 3.63) is 35.4 Å². The van der Waals surface area contributed by atoms with Crippen LogP contribution in [-0.2, 0) is 25.6 Å². The van der Waals surface area contributed by atoms with E-state index in [1.807, 2.05) is 0 Å². The Balaban J connectivity index is 2.67. The van der Waals surface area contributed by atoms with Gasteiger partial charge >= 0.3 is 0 Å². The molecule has 0 aliphatic carbocycles. The maximum atomic E-state index is 12.0. The average molecular weight is 350 g/mol. The summed E-state index contributed by atoms with van der Waals surface area (Å²) >= 11 is 4.88. The molecule has 0 bridgehead atoms. The third kappa shape index (κ3) is 6.98. The van der Waals surface area contributed by atoms with Gasteiger partial charge in [-0.2, -0.15) is 0 Å². The molecule has 0 spiro atoms. The van der Waals surface area contributed by atoms with Crippen molar-refractivity contribution in [3.8, 4) is 0 Å². The van der Waals surface area contributed by atoms with Gasteiger partial charge in [-0.3, -0.25) is 0 Å². The molecule has 1 rings (SSSR count). The van der Waals surface area contributed by atoms with Crippen LogP contribution in [0.2, 0.25) is 0 Å². The van der Waals surface area contributed by atoms with Crippen LogP contribution in [0.1, 0.15) is 17.5 Å². The van der Waals surface area contributed by atoms with Crippen molar-refractivity contribution in [2.75, 3.05) is 18.6 Å². The molecule has 0 fully saturated rings. The Kier molecular flexibility index (Phi) is 6.26. The number of rotatable bonds is 8. The van der Waals surface area contributed by atoms with Crippen molar-refractivity contribution in [1.29, 1.82) is 0 Å². The Morgan fingerprint density at radius 1 is 1.24 bits per heavy atom. The van der Waals surface area contributed by atoms with Crippen LogP contribution in [-0.4, -0.2) is 40.4 Å². The van der Waals surface area contributed by atoms with Gasteiger partial charge in [0.25, 0.3) is 0 Å². The first-order chi connectivity index (χ1) is 9.61. The molecule has 21 heavy (non-hydrogen) atoms. The van der Waals surface area contributed by atoms with Crippen LogP contribution in [0.25, 0.3) is 0 Å². The van der Waals surface area contributed by atoms with E-state index in [1.165, 1.54) is 0 Å². The van der Waals surface area contributed by atoms with Crippen LogP contribution < -0.4 is 10.5 Å². The number of nitrogens with one attached hydrogen (secondary N) is 1. The maximum Gasteiger partial charge on any atom is 0.215 e. The van der Waals surface area contributed by atoms with E-state index in [-0.39, 0.29) is 29.5 Å². The molecule has 1 aromatic carbocycles. The van der Waals surface area contributed by atoms with E-state index >= 15 is 0 Å². The summed E-state index contributed by atoms with van der Waals surface area (Å²) in [5, 5.41) is 0. The maximum absolute atomic E-state index is 12.0. The van der Waals surface area contributed by atoms with E-state index < -0.39 is 19.9 Å². The average Bonchev–Trinajstić information content (AvgIpc) is 2.33. The lowest BCUT2D eigenvalue weighted by Gasteiger charge is -2.10. The molecule has 0 aliphatic rings. The van der Waals surface area contributed by atoms with Crippen LogP contribution in [0, 0.1) is 0 Å². The van der Waals surface area contributed by atoms with Gasteiger partial charge in [-0.05, 0) is 12.0 Å². The van der Waals surface area contributed by atoms with Gasteiger partial charge in [0.1, 0.15) is 14.8 Å². The lowest BCUT2D eigenvalue weighted by molar-refractivity contribution is 0.576. The Labute approximate surface area is 130 Å². The van der Waals surface area contributed by atoms with Crippen LogP contribution in [0.3, 0.4) is 0 Å². The Morgan fingerprint density at radius 2 is 1.86 bits per heavy atom. The summed E-state index contributed by atoms with van der Waals surface area (Å²) in [6, 6.07) is 6.74. The standard InChI is InChI=1S/C12H18N2O4S3/c1-20(15,16)8-4-7-14-21(17,18)9-10-5-2-3-6-11(10)12(13)19/h2-3,5-6,14H,4,7-9H2,1H3,(H2,13,19). The zero-order chi connectivity index (χ0) is 16.1. The van der Waals surface area contributed by atoms with E-state index in [0.29, 0.717) is 11.1 Å². The zero-order valence-electron chi connectivity index (χ0n) is 11.6. The molecule has 0 atom stereocenters. The lowest BCUT2D eigenvalue weighted by Crippen LogP contribution is -2.28. The van der Waals surface area contributed by atoms with Crippen molar-refractivity contribution in [3.63, 3.8) is 0 Å². The monoisotopic (exact) mass is 350 g/mol. The first-order valence-corrected chi connectivity index (χ1v) is 10.3. The summed E-state index contributed by atoms with van der Waals surface area (Å²) < 4.78 is 48.2. The number of hydrogen-bond acceptors (Lipinski definition) is 5. The fourth-order valence-corrected chi connectivity index (χ4v) is 3.79. The number of thiocarbonyl (C=S) groups is 1. The number of hydrogen-bond donors (Lipinski definition) is 2. The number of sulfone groups is 1. The topological polar surface area (TPSA) is 106 Å². The third-order valence-corrected chi connectivity index (χ3v) is 5.23. The van der Waals surface area contributed by atoms with Gasteiger partial charge in [-0.15, -0.1) is 0 Å². The highest BCUT2D eigenvalue weighted by Gasteiger charge is 2.15. The second kappa shape index (κ2) is 7.30. The van der Waals surface area contributed by atoms with Crippen molar-refractivity contribution in [1.82, 2.24) is 4.72 Å². The van der Waals surface area contributed by atoms with E-state index in [1.54, 1.807) is 24.3 Å². The molecule has 0 saturated carbocycles. The summed E-state index contributed by atoms with van der Waals surface area (Å²) in [6.45, 7) is 0.0740. The molecular formula is C12H18N2O4S3. The van der Waals surface area contributed by atoms with Crippen molar-refractivity contribution < 1.29 is 16.8 Å². The Hall–Kier alpha value is -1.03. The predicted octanol–water partition coefficient (Wildman–Crippen LogP) is 0.175. The van der Waals surface area contributed by atoms with Crippen LogP contribution in [0.4, 0.5) is 0 Å². The third-order valence-electron chi connectivity index (χ3n) is 2.64. The van der Waals surface area contributed by atoms with Crippen LogP contribution >= 0.6 is 12.2 Å². The van der Waals surface area contributed by atoms with Gasteiger partial charge in [0.2, 0.25) is 10.0 Å². The van der Waals surface area contributed by atoms with Crippen LogP contribution in [0.5, 0.6) is 0 Å². The molecule has 1 aromatic rings. The number of benzene rings is 1. The fraction of sp³-hybridized carbons (Fsp3) is 0.417. The van der Waals surface area contributed by atoms with Crippen molar-refractivity contribution in [2.24, 2.45) is 5.73 Å². The molecule has 0 radical (unpaired) electrons. The zero-order valence-corrected chi connectivity index (χ0v) is 14.0. The first-order valence-electron chi connectivity index (χ1n) is 6.13. The largest absolute Gasteiger partial charge is 0.389 e. The molecule has 118 valence electrons. The highest BCUT2D eigenvalue weighted by molar-refractivity contribution is 7.90. The summed E-state index contributed by atoms with van der Waals surface area (Å²) in [5.74, 6) is -0.307. The minimum Gasteiger partial charge on any atom is -0.389 e. The molecule has 0 heterocycles. The normalized spacial score (nSPS) is 12.2.